The van der Waals surface area contributed by atoms with E-state index in [1.807, 2.05) is 60.7 Å². The van der Waals surface area contributed by atoms with Crippen LogP contribution in [0.2, 0.25) is 0 Å². The summed E-state index contributed by atoms with van der Waals surface area (Å²) in [7, 11) is 0. The van der Waals surface area contributed by atoms with Gasteiger partial charge in [-0.15, -0.1) is 0 Å². The number of rotatable bonds is 7. The van der Waals surface area contributed by atoms with Gasteiger partial charge in [0.15, 0.2) is 0 Å². The van der Waals surface area contributed by atoms with Gasteiger partial charge in [0.1, 0.15) is 12.4 Å². The second kappa shape index (κ2) is 8.25. The van der Waals surface area contributed by atoms with E-state index in [-0.39, 0.29) is 13.2 Å². The van der Waals surface area contributed by atoms with Gasteiger partial charge in [0.05, 0.1) is 6.61 Å². The Labute approximate surface area is 125 Å². The maximum absolute atomic E-state index is 8.88. The third-order valence-corrected chi connectivity index (χ3v) is 3.09. The average molecular weight is 284 g/mol. The third-order valence-electron chi connectivity index (χ3n) is 3.09. The molecule has 3 nitrogen and oxygen atoms in total. The molecular formula is C18H20O3. The second-order valence-corrected chi connectivity index (χ2v) is 4.69. The van der Waals surface area contributed by atoms with Crippen LogP contribution in [-0.4, -0.2) is 30.0 Å². The normalized spacial score (nSPS) is 11.0. The van der Waals surface area contributed by atoms with E-state index in [4.69, 9.17) is 14.9 Å². The molecule has 0 radical (unpaired) electrons. The highest BCUT2D eigenvalue weighted by atomic mass is 16.5. The minimum absolute atomic E-state index is 0.0218. The van der Waals surface area contributed by atoms with E-state index in [9.17, 15) is 0 Å². The van der Waals surface area contributed by atoms with Gasteiger partial charge in [-0.05, 0) is 35.2 Å². The van der Waals surface area contributed by atoms with Crippen molar-refractivity contribution in [1.29, 1.82) is 0 Å². The van der Waals surface area contributed by atoms with Crippen molar-refractivity contribution >= 4 is 12.2 Å². The largest absolute Gasteiger partial charge is 0.491 e. The molecule has 0 aliphatic heterocycles. The van der Waals surface area contributed by atoms with Crippen molar-refractivity contribution in [1.82, 2.24) is 0 Å². The fraction of sp³-hybridized carbons (Fsp3) is 0.222. The lowest BCUT2D eigenvalue weighted by atomic mass is 10.1. The van der Waals surface area contributed by atoms with Gasteiger partial charge in [-0.2, -0.15) is 0 Å². The number of aliphatic hydroxyl groups is 2. The molecule has 2 aromatic rings. The molecule has 0 atom stereocenters. The van der Waals surface area contributed by atoms with Crippen molar-refractivity contribution in [2.24, 2.45) is 0 Å². The van der Waals surface area contributed by atoms with Crippen LogP contribution in [0.1, 0.15) is 16.7 Å². The predicted molar refractivity (Wildman–Crippen MR) is 85.2 cm³/mol. The standard InChI is InChI=1S/C18H20O3/c19-12-11-17-5-3-15(4-6-17)1-2-16-7-9-18(10-8-16)21-14-13-20/h1-10,19-20H,11-14H2/b2-1+. The van der Waals surface area contributed by atoms with Crippen LogP contribution in [-0.2, 0) is 6.42 Å². The Morgan fingerprint density at radius 2 is 1.33 bits per heavy atom. The van der Waals surface area contributed by atoms with Crippen LogP contribution in [0.4, 0.5) is 0 Å². The van der Waals surface area contributed by atoms with Gasteiger partial charge < -0.3 is 14.9 Å². The van der Waals surface area contributed by atoms with Gasteiger partial charge >= 0.3 is 0 Å². The Balaban J connectivity index is 1.96. The van der Waals surface area contributed by atoms with Crippen molar-refractivity contribution < 1.29 is 14.9 Å². The summed E-state index contributed by atoms with van der Waals surface area (Å²) in [5.74, 6) is 0.759. The molecule has 0 aliphatic rings. The monoisotopic (exact) mass is 284 g/mol. The molecule has 3 heteroatoms. The second-order valence-electron chi connectivity index (χ2n) is 4.69. The molecule has 0 aromatic heterocycles. The summed E-state index contributed by atoms with van der Waals surface area (Å²) >= 11 is 0. The van der Waals surface area contributed by atoms with Crippen LogP contribution in [0.3, 0.4) is 0 Å². The van der Waals surface area contributed by atoms with E-state index in [1.54, 1.807) is 0 Å². The summed E-state index contributed by atoms with van der Waals surface area (Å²) in [6.45, 7) is 0.517. The van der Waals surface area contributed by atoms with Crippen LogP contribution in [0, 0.1) is 0 Å². The third kappa shape index (κ3) is 5.06. The van der Waals surface area contributed by atoms with Crippen molar-refractivity contribution in [3.63, 3.8) is 0 Å². The fourth-order valence-corrected chi connectivity index (χ4v) is 1.96. The van der Waals surface area contributed by atoms with E-state index in [2.05, 4.69) is 0 Å². The van der Waals surface area contributed by atoms with Gasteiger partial charge in [-0.25, -0.2) is 0 Å². The number of benzene rings is 2. The highest BCUT2D eigenvalue weighted by molar-refractivity contribution is 5.69. The smallest absolute Gasteiger partial charge is 0.119 e. The first kappa shape index (κ1) is 15.3. The van der Waals surface area contributed by atoms with Gasteiger partial charge in [-0.3, -0.25) is 0 Å². The fourth-order valence-electron chi connectivity index (χ4n) is 1.96. The maximum atomic E-state index is 8.88. The maximum Gasteiger partial charge on any atom is 0.119 e. The van der Waals surface area contributed by atoms with E-state index in [1.165, 1.54) is 0 Å². The summed E-state index contributed by atoms with van der Waals surface area (Å²) in [6, 6.07) is 15.9. The Morgan fingerprint density at radius 1 is 0.762 bits per heavy atom. The minimum Gasteiger partial charge on any atom is -0.491 e. The minimum atomic E-state index is 0.0218. The summed E-state index contributed by atoms with van der Waals surface area (Å²) in [5.41, 5.74) is 3.35. The van der Waals surface area contributed by atoms with Gasteiger partial charge in [-0.1, -0.05) is 48.6 Å². The van der Waals surface area contributed by atoms with Gasteiger partial charge in [0.25, 0.3) is 0 Å². The number of hydrogen-bond donors (Lipinski definition) is 2. The number of hydrogen-bond acceptors (Lipinski definition) is 3. The van der Waals surface area contributed by atoms with Crippen molar-refractivity contribution in [3.05, 3.63) is 65.2 Å². The quantitative estimate of drug-likeness (QED) is 0.769. The Morgan fingerprint density at radius 3 is 1.86 bits per heavy atom. The van der Waals surface area contributed by atoms with Crippen LogP contribution >= 0.6 is 0 Å². The molecule has 2 rings (SSSR count). The van der Waals surface area contributed by atoms with Crippen molar-refractivity contribution in [3.8, 4) is 5.75 Å². The summed E-state index contributed by atoms with van der Waals surface area (Å²) < 4.78 is 5.31. The molecule has 2 aromatic carbocycles. The van der Waals surface area contributed by atoms with Gasteiger partial charge in [0.2, 0.25) is 0 Å². The molecule has 0 spiro atoms. The van der Waals surface area contributed by atoms with Crippen molar-refractivity contribution in [2.75, 3.05) is 19.8 Å². The van der Waals surface area contributed by atoms with Crippen molar-refractivity contribution in [2.45, 2.75) is 6.42 Å². The Kier molecular flexibility index (Phi) is 6.00. The molecule has 0 unspecified atom stereocenters. The Bertz CT molecular complexity index is 556. The lowest BCUT2D eigenvalue weighted by molar-refractivity contribution is 0.201. The molecule has 110 valence electrons. The summed E-state index contributed by atoms with van der Waals surface area (Å²) in [5, 5.41) is 17.6. The van der Waals surface area contributed by atoms with Crippen LogP contribution in [0.25, 0.3) is 12.2 Å². The van der Waals surface area contributed by atoms with E-state index >= 15 is 0 Å². The number of aliphatic hydroxyl groups excluding tert-OH is 2. The average Bonchev–Trinajstić information content (AvgIpc) is 2.53. The zero-order chi connectivity index (χ0) is 14.9. The summed E-state index contributed by atoms with van der Waals surface area (Å²) in [4.78, 5) is 0. The molecule has 0 aliphatic carbocycles. The molecule has 0 saturated carbocycles. The molecule has 0 amide bonds. The molecule has 0 heterocycles. The lowest BCUT2D eigenvalue weighted by Gasteiger charge is -2.03. The van der Waals surface area contributed by atoms with Crippen LogP contribution in [0.5, 0.6) is 5.75 Å². The van der Waals surface area contributed by atoms with Crippen LogP contribution in [0.15, 0.2) is 48.5 Å². The molecule has 2 N–H and O–H groups in total. The first-order valence-electron chi connectivity index (χ1n) is 7.03. The molecule has 0 fully saturated rings. The van der Waals surface area contributed by atoms with Gasteiger partial charge in [0, 0.05) is 6.61 Å². The van der Waals surface area contributed by atoms with E-state index in [0.717, 1.165) is 22.4 Å². The number of ether oxygens (including phenoxy) is 1. The first-order valence-corrected chi connectivity index (χ1v) is 7.03. The molecule has 21 heavy (non-hydrogen) atoms. The highest BCUT2D eigenvalue weighted by Crippen LogP contribution is 2.15. The summed E-state index contributed by atoms with van der Waals surface area (Å²) in [6.07, 6.45) is 4.78. The zero-order valence-corrected chi connectivity index (χ0v) is 11.9. The molecule has 0 saturated heterocycles. The molecular weight excluding hydrogens is 264 g/mol. The SMILES string of the molecule is OCCOc1ccc(/C=C/c2ccc(CCO)cc2)cc1. The predicted octanol–water partition coefficient (Wildman–Crippen LogP) is 2.76. The van der Waals surface area contributed by atoms with E-state index in [0.29, 0.717) is 13.0 Å². The lowest BCUT2D eigenvalue weighted by Crippen LogP contribution is -2.01. The Hall–Kier alpha value is -2.10. The topological polar surface area (TPSA) is 49.7 Å². The molecule has 0 bridgehead atoms. The zero-order valence-electron chi connectivity index (χ0n) is 11.9. The van der Waals surface area contributed by atoms with E-state index < -0.39 is 0 Å². The highest BCUT2D eigenvalue weighted by Gasteiger charge is 1.94. The van der Waals surface area contributed by atoms with Crippen LogP contribution < -0.4 is 4.74 Å². The first-order chi connectivity index (χ1) is 10.3.